The quantitative estimate of drug-likeness (QED) is 0.433. The van der Waals surface area contributed by atoms with E-state index in [1.54, 1.807) is 0 Å². The molecule has 0 aromatic rings. The van der Waals surface area contributed by atoms with Gasteiger partial charge in [-0.2, -0.15) is 0 Å². The molecule has 86 valence electrons. The molecular formula is C10H24N2O2. The highest BCUT2D eigenvalue weighted by Crippen LogP contribution is 1.89. The molecule has 0 saturated carbocycles. The van der Waals surface area contributed by atoms with Crippen LogP contribution in [-0.2, 0) is 0 Å². The van der Waals surface area contributed by atoms with Gasteiger partial charge in [-0.15, -0.1) is 0 Å². The van der Waals surface area contributed by atoms with Crippen LogP contribution in [0, 0.1) is 0 Å². The summed E-state index contributed by atoms with van der Waals surface area (Å²) < 4.78 is 134. The van der Waals surface area contributed by atoms with E-state index in [-0.39, 0.29) is 0 Å². The van der Waals surface area contributed by atoms with Gasteiger partial charge in [-0.25, -0.2) is 0 Å². The van der Waals surface area contributed by atoms with Gasteiger partial charge in [0.15, 0.2) is 0 Å². The summed E-state index contributed by atoms with van der Waals surface area (Å²) in [7, 11) is 0. The third-order valence-corrected chi connectivity index (χ3v) is 1.04. The highest BCUT2D eigenvalue weighted by molar-refractivity contribution is 4.67. The zero-order chi connectivity index (χ0) is 26.6. The second-order valence-corrected chi connectivity index (χ2v) is 1.95. The average molecular weight is 222 g/mol. The lowest BCUT2D eigenvalue weighted by Crippen LogP contribution is -2.40. The Bertz CT molecular complexity index is 588. The zero-order valence-electron chi connectivity index (χ0n) is 25.0. The van der Waals surface area contributed by atoms with Crippen molar-refractivity contribution in [2.75, 3.05) is 26.1 Å². The molecule has 0 aromatic heterocycles. The molecule has 14 heavy (non-hydrogen) atoms. The summed E-state index contributed by atoms with van der Waals surface area (Å²) in [5.41, 5.74) is 0. The number of nitrogens with one attached hydrogen (secondary N) is 2. The van der Waals surface area contributed by atoms with Crippen LogP contribution in [0.4, 0.5) is 0 Å². The maximum absolute atomic E-state index is 9.59. The summed E-state index contributed by atoms with van der Waals surface area (Å²) in [6, 6.07) is -5.92. The molecule has 0 fully saturated rings. The normalized spacial score (nSPS) is 42.4. The lowest BCUT2D eigenvalue weighted by molar-refractivity contribution is 0.229. The summed E-state index contributed by atoms with van der Waals surface area (Å²) in [6.45, 7) is -22.5. The summed E-state index contributed by atoms with van der Waals surface area (Å²) in [6.07, 6.45) is -7.40. The molecule has 0 aliphatic rings. The minimum absolute atomic E-state index is 1.34. The molecule has 0 rings (SSSR count). The number of aliphatic hydroxyl groups is 2. The van der Waals surface area contributed by atoms with E-state index in [2.05, 4.69) is 0 Å². The van der Waals surface area contributed by atoms with Gasteiger partial charge in [0, 0.05) is 44.3 Å². The Labute approximate surface area is 112 Å². The molecule has 0 unspecified atom stereocenters. The molecular weight excluding hydrogens is 180 g/mol. The van der Waals surface area contributed by atoms with E-state index >= 15 is 0 Å². The second-order valence-electron chi connectivity index (χ2n) is 1.95. The van der Waals surface area contributed by atoms with Gasteiger partial charge < -0.3 is 20.8 Å². The van der Waals surface area contributed by atoms with Gasteiger partial charge >= 0.3 is 0 Å². The van der Waals surface area contributed by atoms with Crippen molar-refractivity contribution in [3.05, 3.63) is 0 Å². The molecule has 0 bridgehead atoms. The minimum atomic E-state index is -3.80. The molecule has 0 spiro atoms. The summed E-state index contributed by atoms with van der Waals surface area (Å²) >= 11 is 0. The molecule has 0 heterocycles. The first-order valence-corrected chi connectivity index (χ1v) is 3.43. The van der Waals surface area contributed by atoms with E-state index in [1.165, 1.54) is 10.6 Å². The smallest absolute Gasteiger partial charge is 0.0584 e. The highest BCUT2D eigenvalue weighted by Gasteiger charge is 2.04. The molecule has 4 heteroatoms. The van der Waals surface area contributed by atoms with Gasteiger partial charge in [0.1, 0.15) is 0 Å². The fourth-order valence-electron chi connectivity index (χ4n) is 0.418. The Morgan fingerprint density at radius 1 is 1.07 bits per heavy atom. The van der Waals surface area contributed by atoms with E-state index < -0.39 is 64.6 Å². The van der Waals surface area contributed by atoms with Crippen molar-refractivity contribution in [1.82, 2.24) is 10.6 Å². The molecule has 0 aliphatic carbocycles. The van der Waals surface area contributed by atoms with Crippen LogP contribution < -0.4 is 10.6 Å². The van der Waals surface area contributed by atoms with Gasteiger partial charge in [0.05, 0.1) is 18.6 Å². The fraction of sp³-hybridized carbons (Fsp3) is 1.00. The minimum Gasteiger partial charge on any atom is -0.395 e. The van der Waals surface area contributed by atoms with Crippen molar-refractivity contribution in [3.63, 3.8) is 0 Å². The average Bonchev–Trinajstić information content (AvgIpc) is 2.45. The first-order chi connectivity index (χ1) is 13.4. The molecule has 4 N–H and O–H groups in total. The Morgan fingerprint density at radius 2 is 1.50 bits per heavy atom. The predicted octanol–water partition coefficient (Wildman–Crippen LogP) is -0.293. The number of hydrogen-bond donors (Lipinski definition) is 4. The standard InChI is InChI=1S/C10H24N2O2/c1-3-9(7-13)11-5-6-12-10(4-2)8-14/h9-14H,3-8H2,1-2H3/t9-,10-/m0/s1/i1D3,2D3,3D2,4D2,5D2,6D2,7D2,8D2. The Hall–Kier alpha value is -0.160. The Balaban J connectivity index is 6.37. The van der Waals surface area contributed by atoms with Crippen molar-refractivity contribution >= 4 is 0 Å². The van der Waals surface area contributed by atoms with Crippen LogP contribution in [0.2, 0.25) is 0 Å². The molecule has 0 aromatic carbocycles. The van der Waals surface area contributed by atoms with Crippen molar-refractivity contribution < 1.29 is 34.9 Å². The fourth-order valence-corrected chi connectivity index (χ4v) is 0.418. The number of hydrogen-bond acceptors (Lipinski definition) is 4. The van der Waals surface area contributed by atoms with Crippen LogP contribution in [0.3, 0.4) is 0 Å². The van der Waals surface area contributed by atoms with E-state index in [1.807, 2.05) is 0 Å². The lowest BCUT2D eigenvalue weighted by atomic mass is 10.2. The summed E-state index contributed by atoms with van der Waals surface area (Å²) in [5, 5.41) is 21.9. The van der Waals surface area contributed by atoms with Crippen molar-refractivity contribution in [2.24, 2.45) is 0 Å². The highest BCUT2D eigenvalue weighted by atomic mass is 16.3. The maximum atomic E-state index is 9.59. The molecule has 4 nitrogen and oxygen atoms in total. The van der Waals surface area contributed by atoms with Crippen molar-refractivity contribution in [2.45, 2.75) is 38.5 Å². The molecule has 0 saturated heterocycles. The van der Waals surface area contributed by atoms with Crippen molar-refractivity contribution in [1.29, 1.82) is 0 Å². The molecule has 0 amide bonds. The van der Waals surface area contributed by atoms with Gasteiger partial charge in [0.25, 0.3) is 0 Å². The largest absolute Gasteiger partial charge is 0.395 e. The van der Waals surface area contributed by atoms with E-state index in [9.17, 15) is 10.2 Å². The summed E-state index contributed by atoms with van der Waals surface area (Å²) in [5.74, 6) is 0. The maximum Gasteiger partial charge on any atom is 0.0584 e. The molecule has 2 atom stereocenters. The summed E-state index contributed by atoms with van der Waals surface area (Å²) in [4.78, 5) is 0. The topological polar surface area (TPSA) is 64.5 Å². The molecule has 0 radical (unpaired) electrons. The van der Waals surface area contributed by atoms with Gasteiger partial charge in [-0.05, 0) is 12.7 Å². The van der Waals surface area contributed by atoms with E-state index in [0.29, 0.717) is 0 Å². The SMILES string of the molecule is [2H]C([2H])(O)[C@@H](NC([2H])([2H])C([2H])([2H])N[C@H](C([2H])([2H])O)C([2H])([2H])C([2H])([2H])[2H])C([2H])([2H])C([2H])([2H])[2H]. The third-order valence-electron chi connectivity index (χ3n) is 1.04. The lowest BCUT2D eigenvalue weighted by Gasteiger charge is -2.17. The van der Waals surface area contributed by atoms with Gasteiger partial charge in [0.2, 0.25) is 0 Å². The second kappa shape index (κ2) is 9.40. The van der Waals surface area contributed by atoms with Crippen LogP contribution in [0.5, 0.6) is 0 Å². The van der Waals surface area contributed by atoms with Crippen LogP contribution >= 0.6 is 0 Å². The monoisotopic (exact) mass is 222 g/mol. The Kier molecular flexibility index (Phi) is 1.61. The van der Waals surface area contributed by atoms with Crippen molar-refractivity contribution in [3.8, 4) is 0 Å². The van der Waals surface area contributed by atoms with Gasteiger partial charge in [-0.3, -0.25) is 0 Å². The van der Waals surface area contributed by atoms with Crippen LogP contribution in [0.15, 0.2) is 0 Å². The van der Waals surface area contributed by atoms with Gasteiger partial charge in [-0.1, -0.05) is 13.7 Å². The predicted molar refractivity (Wildman–Crippen MR) is 58.3 cm³/mol. The van der Waals surface area contributed by atoms with Crippen LogP contribution in [-0.4, -0.2) is 48.4 Å². The zero-order valence-corrected chi connectivity index (χ0v) is 7.05. The van der Waals surface area contributed by atoms with E-state index in [0.717, 1.165) is 0 Å². The van der Waals surface area contributed by atoms with E-state index in [4.69, 9.17) is 24.7 Å². The van der Waals surface area contributed by atoms with Crippen LogP contribution in [0.25, 0.3) is 0 Å². The number of rotatable bonds is 9. The van der Waals surface area contributed by atoms with Crippen LogP contribution in [0.1, 0.15) is 51.1 Å². The Morgan fingerprint density at radius 3 is 1.79 bits per heavy atom. The third kappa shape index (κ3) is 6.32. The first-order valence-electron chi connectivity index (χ1n) is 12.4. The molecule has 0 aliphatic heterocycles. The first kappa shape index (κ1) is 2.40.